The monoisotopic (exact) mass is 245 g/mol. The van der Waals surface area contributed by atoms with Crippen LogP contribution in [0.1, 0.15) is 30.9 Å². The van der Waals surface area contributed by atoms with Crippen molar-refractivity contribution < 1.29 is 0 Å². The summed E-state index contributed by atoms with van der Waals surface area (Å²) in [5.41, 5.74) is 12.6. The molecule has 0 aliphatic heterocycles. The van der Waals surface area contributed by atoms with Gasteiger partial charge < -0.3 is 5.73 Å². The molecule has 0 bridgehead atoms. The quantitative estimate of drug-likeness (QED) is 0.489. The van der Waals surface area contributed by atoms with Gasteiger partial charge >= 0.3 is 0 Å². The SMILES string of the molecule is CCCCc1cc(C#C[Si](C)(C)C)ccc1N. The summed E-state index contributed by atoms with van der Waals surface area (Å²) < 4.78 is 0. The minimum absolute atomic E-state index is 0.900. The van der Waals surface area contributed by atoms with E-state index >= 15 is 0 Å². The predicted molar refractivity (Wildman–Crippen MR) is 79.7 cm³/mol. The number of anilines is 1. The van der Waals surface area contributed by atoms with Gasteiger partial charge in [0.05, 0.1) is 0 Å². The van der Waals surface area contributed by atoms with Gasteiger partial charge in [-0.25, -0.2) is 0 Å². The average molecular weight is 245 g/mol. The van der Waals surface area contributed by atoms with Gasteiger partial charge in [0.2, 0.25) is 0 Å². The molecule has 0 spiro atoms. The first-order valence-electron chi connectivity index (χ1n) is 6.34. The van der Waals surface area contributed by atoms with Gasteiger partial charge in [-0.1, -0.05) is 38.9 Å². The van der Waals surface area contributed by atoms with Crippen molar-refractivity contribution in [3.8, 4) is 11.5 Å². The maximum absolute atomic E-state index is 5.97. The third-order valence-electron chi connectivity index (χ3n) is 2.52. The summed E-state index contributed by atoms with van der Waals surface area (Å²) >= 11 is 0. The summed E-state index contributed by atoms with van der Waals surface area (Å²) in [6.45, 7) is 8.98. The summed E-state index contributed by atoms with van der Waals surface area (Å²) in [6.07, 6.45) is 3.45. The van der Waals surface area contributed by atoms with Crippen molar-refractivity contribution in [2.75, 3.05) is 5.73 Å². The van der Waals surface area contributed by atoms with Crippen molar-refractivity contribution in [3.63, 3.8) is 0 Å². The van der Waals surface area contributed by atoms with Crippen molar-refractivity contribution in [2.45, 2.75) is 45.8 Å². The normalized spacial score (nSPS) is 10.8. The van der Waals surface area contributed by atoms with Crippen LogP contribution in [-0.4, -0.2) is 8.07 Å². The molecule has 0 saturated carbocycles. The van der Waals surface area contributed by atoms with Gasteiger partial charge in [-0.2, -0.15) is 0 Å². The van der Waals surface area contributed by atoms with E-state index in [4.69, 9.17) is 5.73 Å². The maximum Gasteiger partial charge on any atom is 0.129 e. The second-order valence-corrected chi connectivity index (χ2v) is 10.3. The summed E-state index contributed by atoms with van der Waals surface area (Å²) in [6, 6.07) is 6.16. The minimum atomic E-state index is -1.29. The van der Waals surface area contributed by atoms with Gasteiger partial charge in [0.25, 0.3) is 0 Å². The van der Waals surface area contributed by atoms with Crippen molar-refractivity contribution >= 4 is 13.8 Å². The lowest BCUT2D eigenvalue weighted by Crippen LogP contribution is -2.16. The molecule has 1 aromatic carbocycles. The van der Waals surface area contributed by atoms with Crippen LogP contribution in [0.2, 0.25) is 19.6 Å². The molecule has 0 aliphatic rings. The Hall–Kier alpha value is -1.20. The highest BCUT2D eigenvalue weighted by molar-refractivity contribution is 6.83. The topological polar surface area (TPSA) is 26.0 Å². The molecule has 0 aliphatic carbocycles. The molecule has 2 N–H and O–H groups in total. The van der Waals surface area contributed by atoms with E-state index in [-0.39, 0.29) is 0 Å². The molecule has 0 unspecified atom stereocenters. The van der Waals surface area contributed by atoms with Crippen molar-refractivity contribution in [1.29, 1.82) is 0 Å². The molecule has 1 aromatic rings. The molecule has 0 aromatic heterocycles. The van der Waals surface area contributed by atoms with Gasteiger partial charge in [0.1, 0.15) is 8.07 Å². The van der Waals surface area contributed by atoms with Crippen LogP contribution in [-0.2, 0) is 6.42 Å². The molecular weight excluding hydrogens is 222 g/mol. The highest BCUT2D eigenvalue weighted by Crippen LogP contribution is 2.16. The van der Waals surface area contributed by atoms with Crippen LogP contribution in [0.15, 0.2) is 18.2 Å². The molecule has 92 valence electrons. The Labute approximate surface area is 106 Å². The fourth-order valence-corrected chi connectivity index (χ4v) is 2.05. The van der Waals surface area contributed by atoms with E-state index in [2.05, 4.69) is 44.1 Å². The number of hydrogen-bond acceptors (Lipinski definition) is 1. The Bertz CT molecular complexity index is 432. The van der Waals surface area contributed by atoms with Crippen LogP contribution in [0.25, 0.3) is 0 Å². The van der Waals surface area contributed by atoms with Crippen molar-refractivity contribution in [3.05, 3.63) is 29.3 Å². The van der Waals surface area contributed by atoms with Crippen molar-refractivity contribution in [2.24, 2.45) is 0 Å². The maximum atomic E-state index is 5.97. The number of nitrogens with two attached hydrogens (primary N) is 1. The fraction of sp³-hybridized carbons (Fsp3) is 0.467. The highest BCUT2D eigenvalue weighted by Gasteiger charge is 2.07. The molecule has 0 amide bonds. The van der Waals surface area contributed by atoms with Crippen LogP contribution >= 0.6 is 0 Å². The Morgan fingerprint density at radius 2 is 1.94 bits per heavy atom. The second kappa shape index (κ2) is 5.93. The molecule has 0 saturated heterocycles. The third-order valence-corrected chi connectivity index (χ3v) is 3.40. The van der Waals surface area contributed by atoms with E-state index in [0.717, 1.165) is 17.7 Å². The van der Waals surface area contributed by atoms with E-state index < -0.39 is 8.07 Å². The van der Waals surface area contributed by atoms with E-state index in [0.29, 0.717) is 0 Å². The van der Waals surface area contributed by atoms with Crippen molar-refractivity contribution in [1.82, 2.24) is 0 Å². The second-order valence-electron chi connectivity index (χ2n) is 5.52. The van der Waals surface area contributed by atoms with Gasteiger partial charge in [0.15, 0.2) is 0 Å². The molecule has 1 rings (SSSR count). The zero-order chi connectivity index (χ0) is 12.9. The van der Waals surface area contributed by atoms with Crippen LogP contribution in [0.3, 0.4) is 0 Å². The van der Waals surface area contributed by atoms with Crippen LogP contribution < -0.4 is 5.73 Å². The Morgan fingerprint density at radius 3 is 2.53 bits per heavy atom. The third kappa shape index (κ3) is 5.10. The van der Waals surface area contributed by atoms with E-state index in [1.165, 1.54) is 18.4 Å². The number of unbranched alkanes of at least 4 members (excludes halogenated alkanes) is 1. The van der Waals surface area contributed by atoms with Gasteiger partial charge in [-0.15, -0.1) is 5.54 Å². The summed E-state index contributed by atoms with van der Waals surface area (Å²) in [7, 11) is -1.29. The lowest BCUT2D eigenvalue weighted by molar-refractivity contribution is 0.796. The molecule has 2 heteroatoms. The largest absolute Gasteiger partial charge is 0.399 e. The zero-order valence-corrected chi connectivity index (χ0v) is 12.4. The van der Waals surface area contributed by atoms with Gasteiger partial charge in [-0.3, -0.25) is 0 Å². The van der Waals surface area contributed by atoms with E-state index in [1.807, 2.05) is 12.1 Å². The summed E-state index contributed by atoms with van der Waals surface area (Å²) in [5, 5.41) is 0. The standard InChI is InChI=1S/C15H23NSi/c1-5-6-7-14-12-13(8-9-15(14)16)10-11-17(2,3)4/h8-9,12H,5-7,16H2,1-4H3. The van der Waals surface area contributed by atoms with Crippen LogP contribution in [0, 0.1) is 11.5 Å². The lowest BCUT2D eigenvalue weighted by Gasteiger charge is -2.06. The lowest BCUT2D eigenvalue weighted by atomic mass is 10.0. The predicted octanol–water partition coefficient (Wildman–Crippen LogP) is 3.84. The molecular formula is C15H23NSi. The highest BCUT2D eigenvalue weighted by atomic mass is 28.3. The fourth-order valence-electron chi connectivity index (χ4n) is 1.53. The molecule has 0 atom stereocenters. The summed E-state index contributed by atoms with van der Waals surface area (Å²) in [5.74, 6) is 3.28. The Balaban J connectivity index is 2.91. The average Bonchev–Trinajstić information content (AvgIpc) is 2.25. The molecule has 1 nitrogen and oxygen atoms in total. The van der Waals surface area contributed by atoms with E-state index in [9.17, 15) is 0 Å². The Kier molecular flexibility index (Phi) is 4.83. The number of rotatable bonds is 3. The van der Waals surface area contributed by atoms with E-state index in [1.54, 1.807) is 0 Å². The first-order chi connectivity index (χ1) is 7.92. The number of benzene rings is 1. The minimum Gasteiger partial charge on any atom is -0.399 e. The smallest absolute Gasteiger partial charge is 0.129 e. The molecule has 0 heterocycles. The molecule has 17 heavy (non-hydrogen) atoms. The molecule has 0 fully saturated rings. The van der Waals surface area contributed by atoms with Gasteiger partial charge in [-0.05, 0) is 36.6 Å². The van der Waals surface area contributed by atoms with Crippen LogP contribution in [0.5, 0.6) is 0 Å². The molecule has 0 radical (unpaired) electrons. The zero-order valence-electron chi connectivity index (χ0n) is 11.4. The van der Waals surface area contributed by atoms with Gasteiger partial charge in [0, 0.05) is 11.3 Å². The Morgan fingerprint density at radius 1 is 1.24 bits per heavy atom. The first kappa shape index (κ1) is 13.9. The number of nitrogen functional groups attached to an aromatic ring is 1. The number of aryl methyl sites for hydroxylation is 1. The first-order valence-corrected chi connectivity index (χ1v) is 9.84. The number of hydrogen-bond donors (Lipinski definition) is 1. The summed E-state index contributed by atoms with van der Waals surface area (Å²) in [4.78, 5) is 0. The van der Waals surface area contributed by atoms with Crippen LogP contribution in [0.4, 0.5) is 5.69 Å².